The number of benzene rings is 1. The molecule has 178 valence electrons. The molecule has 1 unspecified atom stereocenters. The van der Waals surface area contributed by atoms with Crippen LogP contribution in [0.25, 0.3) is 0 Å². The normalized spacial score (nSPS) is 16.5. The number of rotatable bonds is 4. The summed E-state index contributed by atoms with van der Waals surface area (Å²) in [5.74, 6) is 0.0493. The van der Waals surface area contributed by atoms with E-state index in [4.69, 9.17) is 4.74 Å². The van der Waals surface area contributed by atoms with Crippen molar-refractivity contribution in [2.24, 2.45) is 7.05 Å². The third kappa shape index (κ3) is 5.81. The van der Waals surface area contributed by atoms with Gasteiger partial charge < -0.3 is 24.4 Å². The standard InChI is InChI=1S/C21H27BrN6O5/c1-13-11-26(20(30)33-21(2,3)4)8-9-27(13)15-7-6-14(10-16(15)28(31)32)23-18-19(29)25(5)12-17(22)24-18/h6-7,10,12-13H,8-9,11H2,1-5H3,(H,23,24). The third-order valence-corrected chi connectivity index (χ3v) is 5.45. The van der Waals surface area contributed by atoms with Crippen molar-refractivity contribution in [3.05, 3.63) is 49.5 Å². The minimum absolute atomic E-state index is 0.0493. The summed E-state index contributed by atoms with van der Waals surface area (Å²) in [6.07, 6.45) is 1.13. The maximum absolute atomic E-state index is 12.4. The fraction of sp³-hybridized carbons (Fsp3) is 0.476. The van der Waals surface area contributed by atoms with Gasteiger partial charge in [-0.3, -0.25) is 14.9 Å². The second-order valence-electron chi connectivity index (χ2n) is 8.88. The molecule has 1 fully saturated rings. The predicted molar refractivity (Wildman–Crippen MR) is 128 cm³/mol. The zero-order valence-electron chi connectivity index (χ0n) is 19.2. The molecule has 3 rings (SSSR count). The van der Waals surface area contributed by atoms with Crippen molar-refractivity contribution < 1.29 is 14.5 Å². The molecule has 0 spiro atoms. The number of carbonyl (C=O) groups is 1. The molecular formula is C21H27BrN6O5. The monoisotopic (exact) mass is 522 g/mol. The SMILES string of the molecule is CC1CN(C(=O)OC(C)(C)C)CCN1c1ccc(Nc2nc(Br)cn(C)c2=O)cc1[N+](=O)[O-]. The Bertz CT molecular complexity index is 1130. The first-order valence-electron chi connectivity index (χ1n) is 10.4. The molecule has 1 amide bonds. The molecule has 2 heterocycles. The number of piperazine rings is 1. The van der Waals surface area contributed by atoms with Crippen LogP contribution in [0.4, 0.5) is 27.7 Å². The molecule has 1 aliphatic heterocycles. The van der Waals surface area contributed by atoms with E-state index in [0.29, 0.717) is 35.6 Å². The highest BCUT2D eigenvalue weighted by Gasteiger charge is 2.32. The zero-order chi connectivity index (χ0) is 24.5. The smallest absolute Gasteiger partial charge is 0.410 e. The average Bonchev–Trinajstić information content (AvgIpc) is 2.70. The summed E-state index contributed by atoms with van der Waals surface area (Å²) in [6, 6.07) is 4.52. The van der Waals surface area contributed by atoms with Crippen LogP contribution in [0.2, 0.25) is 0 Å². The Morgan fingerprint density at radius 1 is 1.33 bits per heavy atom. The van der Waals surface area contributed by atoms with Gasteiger partial charge in [-0.1, -0.05) is 0 Å². The number of nitrogens with zero attached hydrogens (tertiary/aromatic N) is 5. The Kier molecular flexibility index (Phi) is 6.96. The van der Waals surface area contributed by atoms with Crippen molar-refractivity contribution in [2.75, 3.05) is 29.9 Å². The minimum Gasteiger partial charge on any atom is -0.444 e. The minimum atomic E-state index is -0.594. The lowest BCUT2D eigenvalue weighted by Crippen LogP contribution is -2.54. The lowest BCUT2D eigenvalue weighted by atomic mass is 10.1. The molecule has 0 radical (unpaired) electrons. The number of anilines is 3. The summed E-state index contributed by atoms with van der Waals surface area (Å²) in [5.41, 5.74) is -0.255. The highest BCUT2D eigenvalue weighted by atomic mass is 79.9. The molecule has 1 aromatic heterocycles. The molecule has 1 saturated heterocycles. The van der Waals surface area contributed by atoms with Gasteiger partial charge in [0.2, 0.25) is 0 Å². The Morgan fingerprint density at radius 3 is 2.64 bits per heavy atom. The second kappa shape index (κ2) is 9.38. The summed E-state index contributed by atoms with van der Waals surface area (Å²) >= 11 is 3.24. The van der Waals surface area contributed by atoms with Crippen LogP contribution < -0.4 is 15.8 Å². The van der Waals surface area contributed by atoms with Crippen molar-refractivity contribution in [3.63, 3.8) is 0 Å². The number of halogens is 1. The van der Waals surface area contributed by atoms with Gasteiger partial charge in [0, 0.05) is 50.7 Å². The van der Waals surface area contributed by atoms with Crippen LogP contribution in [0.5, 0.6) is 0 Å². The van der Waals surface area contributed by atoms with E-state index >= 15 is 0 Å². The van der Waals surface area contributed by atoms with Crippen LogP contribution in [0.3, 0.4) is 0 Å². The van der Waals surface area contributed by atoms with Crippen LogP contribution in [-0.4, -0.2) is 56.7 Å². The second-order valence-corrected chi connectivity index (χ2v) is 9.70. The van der Waals surface area contributed by atoms with Crippen LogP contribution in [0, 0.1) is 10.1 Å². The number of nitro benzene ring substituents is 1. The highest BCUT2D eigenvalue weighted by molar-refractivity contribution is 9.10. The van der Waals surface area contributed by atoms with Gasteiger partial charge in [0.05, 0.1) is 4.92 Å². The van der Waals surface area contributed by atoms with Crippen LogP contribution in [0.1, 0.15) is 27.7 Å². The molecule has 1 N–H and O–H groups in total. The summed E-state index contributed by atoms with van der Waals surface area (Å²) < 4.78 is 7.25. The van der Waals surface area contributed by atoms with E-state index in [2.05, 4.69) is 26.2 Å². The Balaban J connectivity index is 1.83. The predicted octanol–water partition coefficient (Wildman–Crippen LogP) is 3.64. The van der Waals surface area contributed by atoms with E-state index < -0.39 is 16.6 Å². The van der Waals surface area contributed by atoms with E-state index in [-0.39, 0.29) is 23.1 Å². The number of hydrogen-bond donors (Lipinski definition) is 1. The number of aromatic nitrogens is 2. The van der Waals surface area contributed by atoms with Crippen molar-refractivity contribution in [1.29, 1.82) is 0 Å². The van der Waals surface area contributed by atoms with Crippen LogP contribution in [-0.2, 0) is 11.8 Å². The number of aryl methyl sites for hydroxylation is 1. The van der Waals surface area contributed by atoms with Crippen molar-refractivity contribution in [1.82, 2.24) is 14.5 Å². The van der Waals surface area contributed by atoms with Gasteiger partial charge in [0.1, 0.15) is 15.9 Å². The molecule has 12 heteroatoms. The first-order chi connectivity index (χ1) is 15.4. The molecule has 0 aliphatic carbocycles. The number of ether oxygens (including phenoxy) is 1. The topological polar surface area (TPSA) is 123 Å². The average molecular weight is 523 g/mol. The molecule has 1 aliphatic rings. The lowest BCUT2D eigenvalue weighted by Gasteiger charge is -2.41. The summed E-state index contributed by atoms with van der Waals surface area (Å²) in [7, 11) is 1.59. The third-order valence-electron chi connectivity index (χ3n) is 5.07. The quantitative estimate of drug-likeness (QED) is 0.476. The van der Waals surface area contributed by atoms with Gasteiger partial charge in [-0.2, -0.15) is 0 Å². The van der Waals surface area contributed by atoms with Crippen molar-refractivity contribution in [3.8, 4) is 0 Å². The van der Waals surface area contributed by atoms with Crippen LogP contribution >= 0.6 is 15.9 Å². The van der Waals surface area contributed by atoms with Crippen molar-refractivity contribution >= 4 is 44.9 Å². The number of nitro groups is 1. The molecule has 1 atom stereocenters. The Hall–Kier alpha value is -3.15. The Morgan fingerprint density at radius 2 is 2.03 bits per heavy atom. The van der Waals surface area contributed by atoms with Gasteiger partial charge in [0.15, 0.2) is 5.82 Å². The fourth-order valence-electron chi connectivity index (χ4n) is 3.59. The van der Waals surface area contributed by atoms with E-state index in [9.17, 15) is 19.7 Å². The molecule has 33 heavy (non-hydrogen) atoms. The molecule has 11 nitrogen and oxygen atoms in total. The van der Waals surface area contributed by atoms with Gasteiger partial charge in [-0.15, -0.1) is 0 Å². The highest BCUT2D eigenvalue weighted by Crippen LogP contribution is 2.34. The number of nitrogens with one attached hydrogen (secondary N) is 1. The number of amides is 1. The molecule has 1 aromatic carbocycles. The molecule has 2 aromatic rings. The number of carbonyl (C=O) groups excluding carboxylic acids is 1. The van der Waals surface area contributed by atoms with E-state index in [0.717, 1.165) is 0 Å². The molecule has 0 saturated carbocycles. The first-order valence-corrected chi connectivity index (χ1v) is 11.2. The fourth-order valence-corrected chi connectivity index (χ4v) is 4.07. The van der Waals surface area contributed by atoms with Gasteiger partial charge in [-0.25, -0.2) is 9.78 Å². The largest absolute Gasteiger partial charge is 0.444 e. The van der Waals surface area contributed by atoms with Crippen molar-refractivity contribution in [2.45, 2.75) is 39.3 Å². The van der Waals surface area contributed by atoms with Gasteiger partial charge in [-0.05, 0) is 55.8 Å². The van der Waals surface area contributed by atoms with Crippen LogP contribution in [0.15, 0.2) is 33.8 Å². The molecule has 0 bridgehead atoms. The zero-order valence-corrected chi connectivity index (χ0v) is 20.7. The van der Waals surface area contributed by atoms with E-state index in [1.807, 2.05) is 32.6 Å². The summed E-state index contributed by atoms with van der Waals surface area (Å²) in [6.45, 7) is 8.51. The lowest BCUT2D eigenvalue weighted by molar-refractivity contribution is -0.384. The van der Waals surface area contributed by atoms with Gasteiger partial charge in [0.25, 0.3) is 11.2 Å². The van der Waals surface area contributed by atoms with Gasteiger partial charge >= 0.3 is 6.09 Å². The van der Waals surface area contributed by atoms with E-state index in [1.165, 1.54) is 16.8 Å². The summed E-state index contributed by atoms with van der Waals surface area (Å²) in [5, 5.41) is 14.7. The maximum atomic E-state index is 12.4. The molecular weight excluding hydrogens is 496 g/mol. The number of hydrogen-bond acceptors (Lipinski definition) is 8. The Labute approximate surface area is 199 Å². The van der Waals surface area contributed by atoms with E-state index in [1.54, 1.807) is 24.1 Å². The first kappa shape index (κ1) is 24.5. The summed E-state index contributed by atoms with van der Waals surface area (Å²) in [4.78, 5) is 43.7. The maximum Gasteiger partial charge on any atom is 0.410 e.